The molecule has 1 N–H and O–H groups in total. The molecule has 2 fully saturated rings. The summed E-state index contributed by atoms with van der Waals surface area (Å²) in [5, 5.41) is 2.92. The van der Waals surface area contributed by atoms with Gasteiger partial charge in [-0.05, 0) is 80.0 Å². The van der Waals surface area contributed by atoms with Gasteiger partial charge >= 0.3 is 0 Å². The molecule has 1 aliphatic carbocycles. The number of rotatable bonds is 4. The van der Waals surface area contributed by atoms with E-state index in [0.29, 0.717) is 23.1 Å². The van der Waals surface area contributed by atoms with Crippen molar-refractivity contribution < 1.29 is 9.59 Å². The highest BCUT2D eigenvalue weighted by Gasteiger charge is 2.35. The van der Waals surface area contributed by atoms with Crippen molar-refractivity contribution >= 4 is 17.5 Å². The molecule has 29 heavy (non-hydrogen) atoms. The number of hydrogen-bond acceptors (Lipinski definition) is 2. The molecule has 1 saturated carbocycles. The van der Waals surface area contributed by atoms with Crippen LogP contribution in [0.15, 0.2) is 48.5 Å². The maximum atomic E-state index is 13.1. The lowest BCUT2D eigenvalue weighted by atomic mass is 9.78. The van der Waals surface area contributed by atoms with Crippen LogP contribution in [0.25, 0.3) is 0 Å². The molecule has 0 unspecified atom stereocenters. The summed E-state index contributed by atoms with van der Waals surface area (Å²) in [7, 11) is 0. The number of aryl methyl sites for hydroxylation is 1. The molecular formula is C25H30N2O2. The summed E-state index contributed by atoms with van der Waals surface area (Å²) in [5.74, 6) is 0.632. The van der Waals surface area contributed by atoms with Crippen molar-refractivity contribution in [2.75, 3.05) is 11.9 Å². The molecular weight excluding hydrogens is 360 g/mol. The zero-order valence-electron chi connectivity index (χ0n) is 17.2. The fraction of sp³-hybridized carbons (Fsp3) is 0.440. The summed E-state index contributed by atoms with van der Waals surface area (Å²) in [5.41, 5.74) is 3.27. The number of amides is 2. The fourth-order valence-corrected chi connectivity index (χ4v) is 4.83. The van der Waals surface area contributed by atoms with Gasteiger partial charge in [0, 0.05) is 29.4 Å². The Morgan fingerprint density at radius 2 is 1.55 bits per heavy atom. The second kappa shape index (κ2) is 8.81. The third-order valence-electron chi connectivity index (χ3n) is 6.52. The van der Waals surface area contributed by atoms with E-state index in [1.807, 2.05) is 24.3 Å². The van der Waals surface area contributed by atoms with E-state index < -0.39 is 0 Å². The van der Waals surface area contributed by atoms with Gasteiger partial charge < -0.3 is 10.2 Å². The Kier molecular flexibility index (Phi) is 5.98. The fourth-order valence-electron chi connectivity index (χ4n) is 4.83. The smallest absolute Gasteiger partial charge is 0.255 e. The Labute approximate surface area is 173 Å². The molecule has 1 saturated heterocycles. The molecule has 4 heteroatoms. The van der Waals surface area contributed by atoms with E-state index in [2.05, 4.69) is 17.1 Å². The van der Waals surface area contributed by atoms with Gasteiger partial charge in [0.25, 0.3) is 11.8 Å². The first-order valence-electron chi connectivity index (χ1n) is 11.0. The summed E-state index contributed by atoms with van der Waals surface area (Å²) >= 11 is 0. The average molecular weight is 391 g/mol. The predicted octanol–water partition coefficient (Wildman–Crippen LogP) is 5.30. The van der Waals surface area contributed by atoms with Crippen molar-refractivity contribution in [3.05, 3.63) is 65.2 Å². The van der Waals surface area contributed by atoms with Crippen LogP contribution < -0.4 is 5.32 Å². The van der Waals surface area contributed by atoms with Gasteiger partial charge in [0.15, 0.2) is 0 Å². The number of hydrogen-bond donors (Lipinski definition) is 1. The first-order valence-corrected chi connectivity index (χ1v) is 11.0. The van der Waals surface area contributed by atoms with Gasteiger partial charge in [0.1, 0.15) is 0 Å². The number of carbonyl (C=O) groups is 2. The summed E-state index contributed by atoms with van der Waals surface area (Å²) < 4.78 is 0. The highest BCUT2D eigenvalue weighted by Crippen LogP contribution is 2.35. The molecule has 0 radical (unpaired) electrons. The lowest BCUT2D eigenvalue weighted by Gasteiger charge is -2.44. The number of carbonyl (C=O) groups excluding carboxylic acids is 2. The van der Waals surface area contributed by atoms with Crippen LogP contribution in [0.1, 0.15) is 71.7 Å². The largest absolute Gasteiger partial charge is 0.335 e. The first kappa shape index (κ1) is 19.7. The van der Waals surface area contributed by atoms with Gasteiger partial charge in [-0.2, -0.15) is 0 Å². The van der Waals surface area contributed by atoms with Crippen LogP contribution in [0.4, 0.5) is 5.69 Å². The van der Waals surface area contributed by atoms with Crippen molar-refractivity contribution in [2.45, 2.75) is 57.9 Å². The predicted molar refractivity (Wildman–Crippen MR) is 116 cm³/mol. The standard InChI is InChI=1S/C25H30N2O2/c1-2-18-9-15-22(16-10-18)26-24(28)20-11-13-21(14-12-20)25(29)27-17-5-7-19-6-3-4-8-23(19)27/h9-16,19,23H,2-8,17H2,1H3,(H,26,28)/t19-,23-/m0/s1. The molecule has 152 valence electrons. The summed E-state index contributed by atoms with van der Waals surface area (Å²) in [4.78, 5) is 27.7. The third-order valence-corrected chi connectivity index (χ3v) is 6.52. The van der Waals surface area contributed by atoms with E-state index in [1.165, 1.54) is 31.2 Å². The van der Waals surface area contributed by atoms with Gasteiger partial charge in [0.2, 0.25) is 0 Å². The average Bonchev–Trinajstić information content (AvgIpc) is 2.79. The van der Waals surface area contributed by atoms with Crippen LogP contribution in [0, 0.1) is 5.92 Å². The van der Waals surface area contributed by atoms with Crippen LogP contribution >= 0.6 is 0 Å². The van der Waals surface area contributed by atoms with E-state index >= 15 is 0 Å². The number of nitrogens with zero attached hydrogens (tertiary/aromatic N) is 1. The number of anilines is 1. The van der Waals surface area contributed by atoms with E-state index in [4.69, 9.17) is 0 Å². The minimum absolute atomic E-state index is 0.115. The Bertz CT molecular complexity index is 855. The Balaban J connectivity index is 1.42. The molecule has 2 aromatic carbocycles. The molecule has 2 atom stereocenters. The maximum Gasteiger partial charge on any atom is 0.255 e. The molecule has 0 aromatic heterocycles. The monoisotopic (exact) mass is 390 g/mol. The lowest BCUT2D eigenvalue weighted by Crippen LogP contribution is -2.49. The molecule has 4 rings (SSSR count). The van der Waals surface area contributed by atoms with Crippen LogP contribution in [-0.2, 0) is 6.42 Å². The summed E-state index contributed by atoms with van der Waals surface area (Å²) in [6.07, 6.45) is 8.25. The third kappa shape index (κ3) is 4.36. The Hall–Kier alpha value is -2.62. The number of likely N-dealkylation sites (tertiary alicyclic amines) is 1. The van der Waals surface area contributed by atoms with Crippen LogP contribution in [-0.4, -0.2) is 29.3 Å². The molecule has 2 aromatic rings. The molecule has 4 nitrogen and oxygen atoms in total. The van der Waals surface area contributed by atoms with Crippen molar-refractivity contribution in [3.8, 4) is 0 Å². The second-order valence-electron chi connectivity index (χ2n) is 8.33. The van der Waals surface area contributed by atoms with Crippen molar-refractivity contribution in [3.63, 3.8) is 0 Å². The van der Waals surface area contributed by atoms with Crippen molar-refractivity contribution in [1.29, 1.82) is 0 Å². The summed E-state index contributed by atoms with van der Waals surface area (Å²) in [6.45, 7) is 2.96. The Morgan fingerprint density at radius 1 is 0.897 bits per heavy atom. The maximum absolute atomic E-state index is 13.1. The number of benzene rings is 2. The first-order chi connectivity index (χ1) is 14.2. The normalized spacial score (nSPS) is 21.3. The van der Waals surface area contributed by atoms with Gasteiger partial charge in [-0.3, -0.25) is 9.59 Å². The van der Waals surface area contributed by atoms with Crippen molar-refractivity contribution in [2.24, 2.45) is 5.92 Å². The number of fused-ring (bicyclic) bond motifs is 1. The van der Waals surface area contributed by atoms with Gasteiger partial charge in [-0.15, -0.1) is 0 Å². The molecule has 0 bridgehead atoms. The molecule has 1 heterocycles. The minimum Gasteiger partial charge on any atom is -0.335 e. The molecule has 2 amide bonds. The van der Waals surface area contributed by atoms with E-state index in [1.54, 1.807) is 24.3 Å². The molecule has 0 spiro atoms. The highest BCUT2D eigenvalue weighted by atomic mass is 16.2. The summed E-state index contributed by atoms with van der Waals surface area (Å²) in [6, 6.07) is 15.4. The SMILES string of the molecule is CCc1ccc(NC(=O)c2ccc(C(=O)N3CCC[C@@H]4CCCC[C@@H]43)cc2)cc1. The van der Waals surface area contributed by atoms with E-state index in [0.717, 1.165) is 31.5 Å². The minimum atomic E-state index is -0.154. The van der Waals surface area contributed by atoms with Gasteiger partial charge in [-0.1, -0.05) is 31.9 Å². The number of nitrogens with one attached hydrogen (secondary N) is 1. The zero-order chi connectivity index (χ0) is 20.2. The van der Waals surface area contributed by atoms with Crippen molar-refractivity contribution in [1.82, 2.24) is 4.90 Å². The molecule has 1 aliphatic heterocycles. The van der Waals surface area contributed by atoms with Crippen LogP contribution in [0.5, 0.6) is 0 Å². The second-order valence-corrected chi connectivity index (χ2v) is 8.33. The van der Waals surface area contributed by atoms with E-state index in [-0.39, 0.29) is 11.8 Å². The quantitative estimate of drug-likeness (QED) is 0.770. The van der Waals surface area contributed by atoms with Crippen LogP contribution in [0.3, 0.4) is 0 Å². The zero-order valence-corrected chi connectivity index (χ0v) is 17.2. The lowest BCUT2D eigenvalue weighted by molar-refractivity contribution is 0.0390. The van der Waals surface area contributed by atoms with Crippen LogP contribution in [0.2, 0.25) is 0 Å². The highest BCUT2D eigenvalue weighted by molar-refractivity contribution is 6.05. The van der Waals surface area contributed by atoms with Gasteiger partial charge in [-0.25, -0.2) is 0 Å². The topological polar surface area (TPSA) is 49.4 Å². The van der Waals surface area contributed by atoms with E-state index in [9.17, 15) is 9.59 Å². The van der Waals surface area contributed by atoms with Gasteiger partial charge in [0.05, 0.1) is 0 Å². The Morgan fingerprint density at radius 3 is 2.28 bits per heavy atom. The number of piperidine rings is 1. The molecule has 2 aliphatic rings.